The molecule has 1 aromatic rings. The fraction of sp³-hybridized carbons (Fsp3) is 0.700. The number of aliphatic hydroxyl groups excluding tert-OH is 1. The van der Waals surface area contributed by atoms with Crippen LogP contribution in [0, 0.1) is 13.8 Å². The summed E-state index contributed by atoms with van der Waals surface area (Å²) in [6, 6.07) is 0. The first-order valence-corrected chi connectivity index (χ1v) is 5.80. The van der Waals surface area contributed by atoms with Gasteiger partial charge < -0.3 is 10.4 Å². The van der Waals surface area contributed by atoms with Crippen molar-refractivity contribution in [3.05, 3.63) is 15.6 Å². The van der Waals surface area contributed by atoms with E-state index in [0.717, 1.165) is 31.6 Å². The Kier molecular flexibility index (Phi) is 5.07. The third-order valence-corrected chi connectivity index (χ3v) is 3.23. The van der Waals surface area contributed by atoms with Gasteiger partial charge in [-0.05, 0) is 26.8 Å². The number of rotatable bonds is 6. The van der Waals surface area contributed by atoms with Crippen LogP contribution >= 0.6 is 11.3 Å². The Hall–Kier alpha value is -0.450. The first-order chi connectivity index (χ1) is 6.74. The molecule has 2 N–H and O–H groups in total. The highest BCUT2D eigenvalue weighted by atomic mass is 32.1. The molecule has 4 heteroatoms. The second-order valence-electron chi connectivity index (χ2n) is 3.33. The summed E-state index contributed by atoms with van der Waals surface area (Å²) in [5, 5.41) is 13.0. The second-order valence-corrected chi connectivity index (χ2v) is 4.61. The summed E-state index contributed by atoms with van der Waals surface area (Å²) in [5.74, 6) is 0. The number of aryl methyl sites for hydroxylation is 2. The molecule has 0 aliphatic rings. The maximum Gasteiger partial charge on any atom is 0.0943 e. The van der Waals surface area contributed by atoms with Crippen molar-refractivity contribution >= 4 is 11.3 Å². The number of aromatic nitrogens is 1. The van der Waals surface area contributed by atoms with Gasteiger partial charge in [-0.25, -0.2) is 4.98 Å². The highest BCUT2D eigenvalue weighted by molar-refractivity contribution is 7.11. The number of aliphatic hydroxyl groups is 1. The molecule has 0 amide bonds. The summed E-state index contributed by atoms with van der Waals surface area (Å²) in [4.78, 5) is 5.77. The highest BCUT2D eigenvalue weighted by Crippen LogP contribution is 2.16. The number of nitrogens with one attached hydrogen (secondary N) is 1. The lowest BCUT2D eigenvalue weighted by Gasteiger charge is -2.00. The van der Waals surface area contributed by atoms with Crippen LogP contribution in [-0.4, -0.2) is 29.8 Å². The Morgan fingerprint density at radius 2 is 2.14 bits per heavy atom. The first-order valence-electron chi connectivity index (χ1n) is 4.98. The number of thiazole rings is 1. The standard InChI is InChI=1S/C10H18N2OS/c1-8-9(2)14-10(12-8)4-6-11-5-3-7-13/h11,13H,3-7H2,1-2H3. The van der Waals surface area contributed by atoms with E-state index in [0.29, 0.717) is 0 Å². The number of hydrogen-bond acceptors (Lipinski definition) is 4. The van der Waals surface area contributed by atoms with Crippen LogP contribution in [0.2, 0.25) is 0 Å². The minimum Gasteiger partial charge on any atom is -0.396 e. The molecule has 1 aromatic heterocycles. The maximum absolute atomic E-state index is 8.57. The van der Waals surface area contributed by atoms with Crippen LogP contribution < -0.4 is 5.32 Å². The van der Waals surface area contributed by atoms with Gasteiger partial charge in [0.2, 0.25) is 0 Å². The minimum absolute atomic E-state index is 0.266. The molecular formula is C10H18N2OS. The van der Waals surface area contributed by atoms with Crippen LogP contribution in [0.15, 0.2) is 0 Å². The quantitative estimate of drug-likeness (QED) is 0.701. The van der Waals surface area contributed by atoms with Gasteiger partial charge in [-0.2, -0.15) is 0 Å². The molecule has 14 heavy (non-hydrogen) atoms. The second kappa shape index (κ2) is 6.11. The molecule has 0 radical (unpaired) electrons. The lowest BCUT2D eigenvalue weighted by atomic mass is 10.4. The molecule has 0 fully saturated rings. The van der Waals surface area contributed by atoms with E-state index in [1.165, 1.54) is 9.88 Å². The molecule has 0 spiro atoms. The van der Waals surface area contributed by atoms with E-state index in [4.69, 9.17) is 5.11 Å². The van der Waals surface area contributed by atoms with E-state index in [-0.39, 0.29) is 6.61 Å². The fourth-order valence-electron chi connectivity index (χ4n) is 1.17. The van der Waals surface area contributed by atoms with Gasteiger partial charge in [0.05, 0.1) is 10.7 Å². The molecule has 0 bridgehead atoms. The molecular weight excluding hydrogens is 196 g/mol. The maximum atomic E-state index is 8.57. The van der Waals surface area contributed by atoms with Gasteiger partial charge in [0.15, 0.2) is 0 Å². The summed E-state index contributed by atoms with van der Waals surface area (Å²) in [6.07, 6.45) is 1.82. The number of nitrogens with zero attached hydrogens (tertiary/aromatic N) is 1. The van der Waals surface area contributed by atoms with Crippen LogP contribution in [0.3, 0.4) is 0 Å². The molecule has 3 nitrogen and oxygen atoms in total. The predicted octanol–water partition coefficient (Wildman–Crippen LogP) is 1.27. The largest absolute Gasteiger partial charge is 0.396 e. The van der Waals surface area contributed by atoms with E-state index in [1.807, 2.05) is 0 Å². The summed E-state index contributed by atoms with van der Waals surface area (Å²) in [6.45, 7) is 6.26. The van der Waals surface area contributed by atoms with Crippen molar-refractivity contribution in [3.8, 4) is 0 Å². The van der Waals surface area contributed by atoms with Crippen molar-refractivity contribution in [2.75, 3.05) is 19.7 Å². The minimum atomic E-state index is 0.266. The van der Waals surface area contributed by atoms with E-state index >= 15 is 0 Å². The van der Waals surface area contributed by atoms with Crippen molar-refractivity contribution in [1.29, 1.82) is 0 Å². The molecule has 0 aliphatic carbocycles. The van der Waals surface area contributed by atoms with E-state index in [2.05, 4.69) is 24.1 Å². The Balaban J connectivity index is 2.18. The van der Waals surface area contributed by atoms with E-state index in [1.54, 1.807) is 11.3 Å². The summed E-state index contributed by atoms with van der Waals surface area (Å²) < 4.78 is 0. The van der Waals surface area contributed by atoms with Crippen LogP contribution in [0.4, 0.5) is 0 Å². The number of hydrogen-bond donors (Lipinski definition) is 2. The van der Waals surface area contributed by atoms with Crippen LogP contribution in [0.5, 0.6) is 0 Å². The van der Waals surface area contributed by atoms with E-state index < -0.39 is 0 Å². The Bertz CT molecular complexity index is 254. The average Bonchev–Trinajstić information content (AvgIpc) is 2.46. The third kappa shape index (κ3) is 3.74. The third-order valence-electron chi connectivity index (χ3n) is 2.10. The Morgan fingerprint density at radius 3 is 2.71 bits per heavy atom. The highest BCUT2D eigenvalue weighted by Gasteiger charge is 2.02. The van der Waals surface area contributed by atoms with Crippen molar-refractivity contribution in [3.63, 3.8) is 0 Å². The van der Waals surface area contributed by atoms with E-state index in [9.17, 15) is 0 Å². The molecule has 0 unspecified atom stereocenters. The van der Waals surface area contributed by atoms with Gasteiger partial charge in [-0.1, -0.05) is 0 Å². The molecule has 0 saturated carbocycles. The zero-order valence-electron chi connectivity index (χ0n) is 8.84. The van der Waals surface area contributed by atoms with Gasteiger partial charge in [0.1, 0.15) is 0 Å². The molecule has 0 aromatic carbocycles. The predicted molar refractivity (Wildman–Crippen MR) is 59.9 cm³/mol. The zero-order chi connectivity index (χ0) is 10.4. The van der Waals surface area contributed by atoms with Gasteiger partial charge in [-0.15, -0.1) is 11.3 Å². The lowest BCUT2D eigenvalue weighted by molar-refractivity contribution is 0.286. The molecule has 1 heterocycles. The van der Waals surface area contributed by atoms with Gasteiger partial charge in [0.25, 0.3) is 0 Å². The monoisotopic (exact) mass is 214 g/mol. The summed E-state index contributed by atoms with van der Waals surface area (Å²) in [7, 11) is 0. The Labute approximate surface area is 89.2 Å². The van der Waals surface area contributed by atoms with Gasteiger partial charge in [0, 0.05) is 24.4 Å². The first kappa shape index (κ1) is 11.6. The fourth-order valence-corrected chi connectivity index (χ4v) is 2.10. The van der Waals surface area contributed by atoms with Crippen molar-refractivity contribution in [2.24, 2.45) is 0 Å². The van der Waals surface area contributed by atoms with Gasteiger partial charge in [-0.3, -0.25) is 0 Å². The molecule has 1 rings (SSSR count). The smallest absolute Gasteiger partial charge is 0.0943 e. The van der Waals surface area contributed by atoms with Crippen molar-refractivity contribution in [2.45, 2.75) is 26.7 Å². The average molecular weight is 214 g/mol. The van der Waals surface area contributed by atoms with Crippen LogP contribution in [0.25, 0.3) is 0 Å². The van der Waals surface area contributed by atoms with Crippen molar-refractivity contribution < 1.29 is 5.11 Å². The Morgan fingerprint density at radius 1 is 1.36 bits per heavy atom. The molecule has 0 atom stereocenters. The molecule has 0 aliphatic heterocycles. The van der Waals surface area contributed by atoms with Crippen molar-refractivity contribution in [1.82, 2.24) is 10.3 Å². The summed E-state index contributed by atoms with van der Waals surface area (Å²) >= 11 is 1.78. The van der Waals surface area contributed by atoms with Crippen LogP contribution in [-0.2, 0) is 6.42 Å². The summed E-state index contributed by atoms with van der Waals surface area (Å²) in [5.41, 5.74) is 1.15. The van der Waals surface area contributed by atoms with Gasteiger partial charge >= 0.3 is 0 Å². The topological polar surface area (TPSA) is 45.2 Å². The molecule has 0 saturated heterocycles. The zero-order valence-corrected chi connectivity index (χ0v) is 9.65. The lowest BCUT2D eigenvalue weighted by Crippen LogP contribution is -2.19. The van der Waals surface area contributed by atoms with Crippen LogP contribution in [0.1, 0.15) is 22.0 Å². The normalized spacial score (nSPS) is 10.8. The molecule has 80 valence electrons. The SMILES string of the molecule is Cc1nc(CCNCCCO)sc1C.